The van der Waals surface area contributed by atoms with E-state index in [4.69, 9.17) is 16.7 Å². The first-order chi connectivity index (χ1) is 8.56. The van der Waals surface area contributed by atoms with Crippen molar-refractivity contribution in [2.45, 2.75) is 25.3 Å². The van der Waals surface area contributed by atoms with Crippen LogP contribution in [0.4, 0.5) is 10.5 Å². The number of carboxylic acid groups (broad SMARTS) is 1. The number of aromatic carboxylic acids is 1. The molecule has 0 heterocycles. The molecule has 0 atom stereocenters. The van der Waals surface area contributed by atoms with Crippen molar-refractivity contribution < 1.29 is 14.7 Å². The lowest BCUT2D eigenvalue weighted by molar-refractivity contribution is 0.0697. The lowest BCUT2D eigenvalue weighted by atomic mass is 9.93. The summed E-state index contributed by atoms with van der Waals surface area (Å²) in [6.07, 6.45) is 3.14. The number of carboxylic acids is 1. The number of carbonyl (C=O) groups is 2. The van der Waals surface area contributed by atoms with Gasteiger partial charge in [-0.1, -0.05) is 11.6 Å². The maximum Gasteiger partial charge on any atom is 0.335 e. The van der Waals surface area contributed by atoms with Gasteiger partial charge >= 0.3 is 12.0 Å². The fourth-order valence-electron chi connectivity index (χ4n) is 1.65. The summed E-state index contributed by atoms with van der Waals surface area (Å²) in [4.78, 5) is 22.3. The smallest absolute Gasteiger partial charge is 0.335 e. The van der Waals surface area contributed by atoms with E-state index in [0.717, 1.165) is 19.3 Å². The number of benzene rings is 1. The normalized spacial score (nSPS) is 14.7. The van der Waals surface area contributed by atoms with Gasteiger partial charge in [-0.05, 0) is 37.5 Å². The molecule has 2 amide bonds. The van der Waals surface area contributed by atoms with Crippen molar-refractivity contribution in [2.24, 2.45) is 0 Å². The highest BCUT2D eigenvalue weighted by Crippen LogP contribution is 2.23. The van der Waals surface area contributed by atoms with E-state index < -0.39 is 5.97 Å². The Kier molecular flexibility index (Phi) is 3.72. The highest BCUT2D eigenvalue weighted by Gasteiger charge is 2.19. The maximum atomic E-state index is 11.6. The van der Waals surface area contributed by atoms with E-state index in [2.05, 4.69) is 10.6 Å². The van der Waals surface area contributed by atoms with Gasteiger partial charge in [-0.15, -0.1) is 0 Å². The maximum absolute atomic E-state index is 11.6. The highest BCUT2D eigenvalue weighted by molar-refractivity contribution is 6.34. The van der Waals surface area contributed by atoms with Crippen LogP contribution in [-0.4, -0.2) is 23.1 Å². The van der Waals surface area contributed by atoms with Gasteiger partial charge in [-0.2, -0.15) is 0 Å². The van der Waals surface area contributed by atoms with Crippen molar-refractivity contribution in [2.75, 3.05) is 5.32 Å². The summed E-state index contributed by atoms with van der Waals surface area (Å²) in [6, 6.07) is 4.11. The van der Waals surface area contributed by atoms with E-state index in [9.17, 15) is 9.59 Å². The van der Waals surface area contributed by atoms with Gasteiger partial charge in [0.25, 0.3) is 0 Å². The van der Waals surface area contributed by atoms with Gasteiger partial charge in [-0.3, -0.25) is 0 Å². The zero-order valence-electron chi connectivity index (χ0n) is 9.57. The molecule has 5 nitrogen and oxygen atoms in total. The summed E-state index contributed by atoms with van der Waals surface area (Å²) in [5.74, 6) is -1.05. The third kappa shape index (κ3) is 2.92. The van der Waals surface area contributed by atoms with Gasteiger partial charge < -0.3 is 15.7 Å². The van der Waals surface area contributed by atoms with Crippen molar-refractivity contribution in [1.29, 1.82) is 0 Å². The minimum absolute atomic E-state index is 0.0879. The summed E-state index contributed by atoms with van der Waals surface area (Å²) in [6.45, 7) is 0. The molecule has 1 aromatic carbocycles. The summed E-state index contributed by atoms with van der Waals surface area (Å²) in [5.41, 5.74) is 0.489. The van der Waals surface area contributed by atoms with E-state index in [-0.39, 0.29) is 22.7 Å². The van der Waals surface area contributed by atoms with Gasteiger partial charge in [0.2, 0.25) is 0 Å². The number of nitrogens with one attached hydrogen (secondary N) is 2. The first-order valence-corrected chi connectivity index (χ1v) is 6.04. The SMILES string of the molecule is O=C(Nc1ccc(C(=O)O)cc1Cl)NC1CCC1. The van der Waals surface area contributed by atoms with Crippen LogP contribution in [0.25, 0.3) is 0 Å². The third-order valence-electron chi connectivity index (χ3n) is 2.90. The van der Waals surface area contributed by atoms with Crippen LogP contribution in [-0.2, 0) is 0 Å². The Hall–Kier alpha value is -1.75. The predicted molar refractivity (Wildman–Crippen MR) is 68.2 cm³/mol. The standard InChI is InChI=1S/C12H13ClN2O3/c13-9-6-7(11(16)17)4-5-10(9)15-12(18)14-8-2-1-3-8/h4-6,8H,1-3H2,(H,16,17)(H2,14,15,18). The first-order valence-electron chi connectivity index (χ1n) is 5.66. The molecule has 96 valence electrons. The molecule has 0 radical (unpaired) electrons. The van der Waals surface area contributed by atoms with Gasteiger partial charge in [0.05, 0.1) is 16.3 Å². The van der Waals surface area contributed by atoms with Crippen LogP contribution < -0.4 is 10.6 Å². The molecule has 0 saturated heterocycles. The molecule has 0 spiro atoms. The fourth-order valence-corrected chi connectivity index (χ4v) is 1.87. The highest BCUT2D eigenvalue weighted by atomic mass is 35.5. The number of rotatable bonds is 3. The van der Waals surface area contributed by atoms with E-state index in [1.165, 1.54) is 18.2 Å². The Morgan fingerprint density at radius 3 is 2.56 bits per heavy atom. The molecule has 2 rings (SSSR count). The third-order valence-corrected chi connectivity index (χ3v) is 3.22. The van der Waals surface area contributed by atoms with Gasteiger partial charge in [0.1, 0.15) is 0 Å². The van der Waals surface area contributed by atoms with Gasteiger partial charge in [0.15, 0.2) is 0 Å². The molecule has 1 aromatic rings. The van der Waals surface area contributed by atoms with Gasteiger partial charge in [0, 0.05) is 6.04 Å². The second kappa shape index (κ2) is 5.27. The van der Waals surface area contributed by atoms with Crippen molar-refractivity contribution in [3.63, 3.8) is 0 Å². The molecule has 18 heavy (non-hydrogen) atoms. The number of hydrogen-bond acceptors (Lipinski definition) is 2. The van der Waals surface area contributed by atoms with Crippen LogP contribution in [0.2, 0.25) is 5.02 Å². The van der Waals surface area contributed by atoms with E-state index in [1.54, 1.807) is 0 Å². The zero-order chi connectivity index (χ0) is 13.1. The molecular formula is C12H13ClN2O3. The molecule has 3 N–H and O–H groups in total. The molecule has 6 heteroatoms. The molecule has 1 aliphatic carbocycles. The molecule has 0 aromatic heterocycles. The predicted octanol–water partition coefficient (Wildman–Crippen LogP) is 2.71. The van der Waals surface area contributed by atoms with E-state index in [0.29, 0.717) is 5.69 Å². The molecule has 1 saturated carbocycles. The number of hydrogen-bond donors (Lipinski definition) is 3. The van der Waals surface area contributed by atoms with Crippen LogP contribution >= 0.6 is 11.6 Å². The Labute approximate surface area is 109 Å². The van der Waals surface area contributed by atoms with Crippen molar-refractivity contribution in [3.8, 4) is 0 Å². The summed E-state index contributed by atoms with van der Waals surface area (Å²) in [7, 11) is 0. The molecule has 0 aliphatic heterocycles. The van der Waals surface area contributed by atoms with Crippen molar-refractivity contribution in [1.82, 2.24) is 5.32 Å². The number of halogens is 1. The molecule has 1 fully saturated rings. The lowest BCUT2D eigenvalue weighted by Crippen LogP contribution is -2.41. The minimum atomic E-state index is -1.05. The quantitative estimate of drug-likeness (QED) is 0.789. The second-order valence-electron chi connectivity index (χ2n) is 4.23. The fraction of sp³-hybridized carbons (Fsp3) is 0.333. The second-order valence-corrected chi connectivity index (χ2v) is 4.63. The number of anilines is 1. The van der Waals surface area contributed by atoms with Crippen LogP contribution in [0.3, 0.4) is 0 Å². The molecule has 0 unspecified atom stereocenters. The average Bonchev–Trinajstić information content (AvgIpc) is 2.26. The zero-order valence-corrected chi connectivity index (χ0v) is 10.3. The summed E-state index contributed by atoms with van der Waals surface area (Å²) < 4.78 is 0. The Bertz CT molecular complexity index is 486. The first kappa shape index (κ1) is 12.7. The minimum Gasteiger partial charge on any atom is -0.478 e. The lowest BCUT2D eigenvalue weighted by Gasteiger charge is -2.26. The summed E-state index contributed by atoms with van der Waals surface area (Å²) >= 11 is 5.90. The Balaban J connectivity index is 2.00. The van der Waals surface area contributed by atoms with Crippen molar-refractivity contribution >= 4 is 29.3 Å². The average molecular weight is 269 g/mol. The summed E-state index contributed by atoms with van der Waals surface area (Å²) in [5, 5.41) is 14.4. The van der Waals surface area contributed by atoms with Crippen LogP contribution in [0, 0.1) is 0 Å². The van der Waals surface area contributed by atoms with Crippen LogP contribution in [0.1, 0.15) is 29.6 Å². The monoisotopic (exact) mass is 268 g/mol. The molecular weight excluding hydrogens is 256 g/mol. The number of urea groups is 1. The molecule has 0 bridgehead atoms. The van der Waals surface area contributed by atoms with Crippen molar-refractivity contribution in [3.05, 3.63) is 28.8 Å². The Morgan fingerprint density at radius 2 is 2.06 bits per heavy atom. The topological polar surface area (TPSA) is 78.4 Å². The van der Waals surface area contributed by atoms with E-state index in [1.807, 2.05) is 0 Å². The van der Waals surface area contributed by atoms with E-state index >= 15 is 0 Å². The number of carbonyl (C=O) groups excluding carboxylic acids is 1. The van der Waals surface area contributed by atoms with Crippen LogP contribution in [0.5, 0.6) is 0 Å². The molecule has 1 aliphatic rings. The van der Waals surface area contributed by atoms with Gasteiger partial charge in [-0.25, -0.2) is 9.59 Å². The largest absolute Gasteiger partial charge is 0.478 e. The Morgan fingerprint density at radius 1 is 1.33 bits per heavy atom. The number of amides is 2. The van der Waals surface area contributed by atoms with Crippen LogP contribution in [0.15, 0.2) is 18.2 Å².